The third-order valence-corrected chi connectivity index (χ3v) is 2.87. The van der Waals surface area contributed by atoms with Gasteiger partial charge in [-0.1, -0.05) is 6.08 Å². The number of likely N-dealkylation sites (tertiary alicyclic amines) is 1. The molecule has 2 nitrogen and oxygen atoms in total. The van der Waals surface area contributed by atoms with Gasteiger partial charge in [0.05, 0.1) is 6.10 Å². The van der Waals surface area contributed by atoms with Gasteiger partial charge in [0.1, 0.15) is 0 Å². The summed E-state index contributed by atoms with van der Waals surface area (Å²) in [5.74, 6) is 0.503. The molecular formula is C11H21NO. The molecule has 76 valence electrons. The van der Waals surface area contributed by atoms with Crippen molar-refractivity contribution in [2.24, 2.45) is 5.92 Å². The lowest BCUT2D eigenvalue weighted by Crippen LogP contribution is -2.25. The van der Waals surface area contributed by atoms with Gasteiger partial charge < -0.3 is 10.0 Å². The van der Waals surface area contributed by atoms with Gasteiger partial charge in [0.15, 0.2) is 0 Å². The molecule has 0 bridgehead atoms. The number of unbranched alkanes of at least 4 members (excludes halogenated alkanes) is 1. The zero-order valence-electron chi connectivity index (χ0n) is 8.58. The molecule has 1 N–H and O–H groups in total. The van der Waals surface area contributed by atoms with Gasteiger partial charge in [-0.25, -0.2) is 0 Å². The summed E-state index contributed by atoms with van der Waals surface area (Å²) in [6.45, 7) is 9.01. The molecule has 1 saturated heterocycles. The molecule has 1 aliphatic rings. The summed E-state index contributed by atoms with van der Waals surface area (Å²) in [4.78, 5) is 2.45. The third kappa shape index (κ3) is 3.49. The van der Waals surface area contributed by atoms with Gasteiger partial charge in [-0.15, -0.1) is 6.58 Å². The van der Waals surface area contributed by atoms with Crippen LogP contribution in [0.25, 0.3) is 0 Å². The summed E-state index contributed by atoms with van der Waals surface area (Å²) in [7, 11) is 0. The van der Waals surface area contributed by atoms with E-state index in [1.165, 1.54) is 6.42 Å². The molecule has 0 saturated carbocycles. The Labute approximate surface area is 81.2 Å². The van der Waals surface area contributed by atoms with E-state index in [1.807, 2.05) is 13.0 Å². The number of hydrogen-bond donors (Lipinski definition) is 1. The van der Waals surface area contributed by atoms with Gasteiger partial charge in [-0.2, -0.15) is 0 Å². The molecule has 1 fully saturated rings. The topological polar surface area (TPSA) is 23.5 Å². The van der Waals surface area contributed by atoms with Crippen LogP contribution in [-0.4, -0.2) is 35.7 Å². The van der Waals surface area contributed by atoms with E-state index in [4.69, 9.17) is 0 Å². The summed E-state index contributed by atoms with van der Waals surface area (Å²) >= 11 is 0. The van der Waals surface area contributed by atoms with Crippen molar-refractivity contribution in [1.29, 1.82) is 0 Å². The quantitative estimate of drug-likeness (QED) is 0.517. The molecule has 0 aromatic heterocycles. The highest BCUT2D eigenvalue weighted by molar-refractivity contribution is 4.79. The largest absolute Gasteiger partial charge is 0.393 e. The summed E-state index contributed by atoms with van der Waals surface area (Å²) in [5, 5.41) is 9.40. The van der Waals surface area contributed by atoms with Gasteiger partial charge in [0, 0.05) is 6.54 Å². The van der Waals surface area contributed by atoms with Crippen LogP contribution >= 0.6 is 0 Å². The van der Waals surface area contributed by atoms with Crippen LogP contribution in [0, 0.1) is 5.92 Å². The van der Waals surface area contributed by atoms with Crippen LogP contribution in [0.15, 0.2) is 12.7 Å². The molecular weight excluding hydrogens is 162 g/mol. The lowest BCUT2D eigenvalue weighted by Gasteiger charge is -2.16. The SMILES string of the molecule is C=CCCCN1CCC(C(C)O)C1. The van der Waals surface area contributed by atoms with E-state index in [1.54, 1.807) is 0 Å². The predicted octanol–water partition coefficient (Wildman–Crippen LogP) is 1.66. The predicted molar refractivity (Wildman–Crippen MR) is 55.7 cm³/mol. The molecule has 1 heterocycles. The monoisotopic (exact) mass is 183 g/mol. The Hall–Kier alpha value is -0.340. The standard InChI is InChI=1S/C11H21NO/c1-3-4-5-7-12-8-6-11(9-12)10(2)13/h3,10-11,13H,1,4-9H2,2H3. The second kappa shape index (κ2) is 5.40. The first-order valence-electron chi connectivity index (χ1n) is 5.25. The summed E-state index contributed by atoms with van der Waals surface area (Å²) in [6.07, 6.45) is 5.31. The van der Waals surface area contributed by atoms with Crippen molar-refractivity contribution in [1.82, 2.24) is 4.90 Å². The Morgan fingerprint density at radius 2 is 2.46 bits per heavy atom. The third-order valence-electron chi connectivity index (χ3n) is 2.87. The number of hydrogen-bond acceptors (Lipinski definition) is 2. The normalized spacial score (nSPS) is 26.2. The first kappa shape index (κ1) is 10.7. The second-order valence-electron chi connectivity index (χ2n) is 4.02. The van der Waals surface area contributed by atoms with E-state index in [0.717, 1.165) is 32.5 Å². The zero-order chi connectivity index (χ0) is 9.68. The van der Waals surface area contributed by atoms with Crippen molar-refractivity contribution in [3.8, 4) is 0 Å². The smallest absolute Gasteiger partial charge is 0.0552 e. The van der Waals surface area contributed by atoms with Gasteiger partial charge in [-0.3, -0.25) is 0 Å². The number of aliphatic hydroxyl groups excluding tert-OH is 1. The maximum absolute atomic E-state index is 9.40. The zero-order valence-corrected chi connectivity index (χ0v) is 8.58. The van der Waals surface area contributed by atoms with Crippen molar-refractivity contribution in [2.75, 3.05) is 19.6 Å². The van der Waals surface area contributed by atoms with E-state index in [0.29, 0.717) is 5.92 Å². The lowest BCUT2D eigenvalue weighted by molar-refractivity contribution is 0.127. The van der Waals surface area contributed by atoms with E-state index in [2.05, 4.69) is 11.5 Å². The van der Waals surface area contributed by atoms with Crippen molar-refractivity contribution < 1.29 is 5.11 Å². The number of nitrogens with zero attached hydrogens (tertiary/aromatic N) is 1. The minimum atomic E-state index is -0.135. The highest BCUT2D eigenvalue weighted by Crippen LogP contribution is 2.19. The molecule has 2 heteroatoms. The fraction of sp³-hybridized carbons (Fsp3) is 0.818. The van der Waals surface area contributed by atoms with Crippen LogP contribution in [0.1, 0.15) is 26.2 Å². The maximum Gasteiger partial charge on any atom is 0.0552 e. The minimum Gasteiger partial charge on any atom is -0.393 e. The Morgan fingerprint density at radius 1 is 1.69 bits per heavy atom. The molecule has 0 radical (unpaired) electrons. The molecule has 0 spiro atoms. The molecule has 0 aromatic rings. The van der Waals surface area contributed by atoms with Crippen LogP contribution in [-0.2, 0) is 0 Å². The fourth-order valence-corrected chi connectivity index (χ4v) is 1.92. The average Bonchev–Trinajstić information content (AvgIpc) is 2.53. The van der Waals surface area contributed by atoms with Crippen LogP contribution in [0.2, 0.25) is 0 Å². The van der Waals surface area contributed by atoms with Crippen molar-refractivity contribution in [3.63, 3.8) is 0 Å². The van der Waals surface area contributed by atoms with Crippen molar-refractivity contribution in [2.45, 2.75) is 32.3 Å². The van der Waals surface area contributed by atoms with Gasteiger partial charge >= 0.3 is 0 Å². The second-order valence-corrected chi connectivity index (χ2v) is 4.02. The van der Waals surface area contributed by atoms with Crippen LogP contribution in [0.3, 0.4) is 0 Å². The molecule has 1 rings (SSSR count). The van der Waals surface area contributed by atoms with Crippen molar-refractivity contribution >= 4 is 0 Å². The van der Waals surface area contributed by atoms with Gasteiger partial charge in [0.25, 0.3) is 0 Å². The Bertz CT molecular complexity index is 156. The summed E-state index contributed by atoms with van der Waals surface area (Å²) in [5.41, 5.74) is 0. The molecule has 0 amide bonds. The highest BCUT2D eigenvalue weighted by atomic mass is 16.3. The summed E-state index contributed by atoms with van der Waals surface area (Å²) in [6, 6.07) is 0. The first-order chi connectivity index (χ1) is 6.24. The molecule has 0 aromatic carbocycles. The highest BCUT2D eigenvalue weighted by Gasteiger charge is 2.24. The van der Waals surface area contributed by atoms with E-state index >= 15 is 0 Å². The Balaban J connectivity index is 2.13. The molecule has 13 heavy (non-hydrogen) atoms. The Kier molecular flexibility index (Phi) is 4.46. The fourth-order valence-electron chi connectivity index (χ4n) is 1.92. The molecule has 2 unspecified atom stereocenters. The van der Waals surface area contributed by atoms with Crippen LogP contribution in [0.4, 0.5) is 0 Å². The maximum atomic E-state index is 9.40. The minimum absolute atomic E-state index is 0.135. The van der Waals surface area contributed by atoms with E-state index < -0.39 is 0 Å². The average molecular weight is 183 g/mol. The molecule has 1 aliphatic heterocycles. The number of allylic oxidation sites excluding steroid dienone is 1. The first-order valence-corrected chi connectivity index (χ1v) is 5.25. The Morgan fingerprint density at radius 3 is 3.00 bits per heavy atom. The van der Waals surface area contributed by atoms with Crippen molar-refractivity contribution in [3.05, 3.63) is 12.7 Å². The number of rotatable bonds is 5. The van der Waals surface area contributed by atoms with Gasteiger partial charge in [0.2, 0.25) is 0 Å². The lowest BCUT2D eigenvalue weighted by atomic mass is 10.0. The van der Waals surface area contributed by atoms with Crippen LogP contribution < -0.4 is 0 Å². The van der Waals surface area contributed by atoms with E-state index in [9.17, 15) is 5.11 Å². The van der Waals surface area contributed by atoms with Gasteiger partial charge in [-0.05, 0) is 45.2 Å². The summed E-state index contributed by atoms with van der Waals surface area (Å²) < 4.78 is 0. The number of aliphatic hydroxyl groups is 1. The molecule has 2 atom stereocenters. The molecule has 0 aliphatic carbocycles. The van der Waals surface area contributed by atoms with E-state index in [-0.39, 0.29) is 6.10 Å². The van der Waals surface area contributed by atoms with Crippen LogP contribution in [0.5, 0.6) is 0 Å².